The van der Waals surface area contributed by atoms with Crippen LogP contribution in [-0.4, -0.2) is 25.3 Å². The van der Waals surface area contributed by atoms with E-state index in [1.807, 2.05) is 18.2 Å². The van der Waals surface area contributed by atoms with Gasteiger partial charge < -0.3 is 19.5 Å². The van der Waals surface area contributed by atoms with Gasteiger partial charge >= 0.3 is 5.97 Å². The van der Waals surface area contributed by atoms with Gasteiger partial charge in [0.05, 0.1) is 11.6 Å². The molecule has 1 unspecified atom stereocenters. The van der Waals surface area contributed by atoms with Crippen molar-refractivity contribution in [3.8, 4) is 11.5 Å². The molecule has 1 aliphatic heterocycles. The van der Waals surface area contributed by atoms with Crippen molar-refractivity contribution in [3.05, 3.63) is 59.2 Å². The van der Waals surface area contributed by atoms with E-state index in [0.29, 0.717) is 17.1 Å². The summed E-state index contributed by atoms with van der Waals surface area (Å²) in [6.45, 7) is -0.176. The minimum atomic E-state index is -0.567. The number of nitrogens with one attached hydrogen (secondary N) is 1. The lowest BCUT2D eigenvalue weighted by atomic mass is 9.88. The van der Waals surface area contributed by atoms with Crippen LogP contribution < -0.4 is 14.8 Å². The lowest BCUT2D eigenvalue weighted by Crippen LogP contribution is -2.34. The highest BCUT2D eigenvalue weighted by molar-refractivity contribution is 5.92. The van der Waals surface area contributed by atoms with Crippen LogP contribution in [0.4, 0.5) is 0 Å². The first-order valence-electron chi connectivity index (χ1n) is 8.64. The number of ether oxygens (including phenoxy) is 3. The highest BCUT2D eigenvalue weighted by atomic mass is 16.7. The molecule has 1 heterocycles. The number of carbonyl (C=O) groups is 2. The molecule has 0 bridgehead atoms. The van der Waals surface area contributed by atoms with E-state index in [9.17, 15) is 9.59 Å². The molecule has 2 aliphatic rings. The van der Waals surface area contributed by atoms with Crippen LogP contribution in [0.5, 0.6) is 11.5 Å². The standard InChI is InChI=1S/C20H19NO5/c22-19(21-16-7-3-5-13-4-1-2-6-15(13)16)11-24-20(23)14-8-9-17-18(10-14)26-12-25-17/h1-2,4,6,8-10,16H,3,5,7,11-12H2,(H,21,22). The Bertz CT molecular complexity index is 848. The summed E-state index contributed by atoms with van der Waals surface area (Å²) in [5.41, 5.74) is 2.74. The molecule has 6 heteroatoms. The molecule has 6 nitrogen and oxygen atoms in total. The second-order valence-corrected chi connectivity index (χ2v) is 6.36. The van der Waals surface area contributed by atoms with Crippen molar-refractivity contribution in [2.24, 2.45) is 0 Å². The number of hydrogen-bond donors (Lipinski definition) is 1. The summed E-state index contributed by atoms with van der Waals surface area (Å²) in [4.78, 5) is 24.4. The number of amides is 1. The van der Waals surface area contributed by atoms with Gasteiger partial charge in [0.1, 0.15) is 0 Å². The number of hydrogen-bond acceptors (Lipinski definition) is 5. The van der Waals surface area contributed by atoms with Crippen LogP contribution in [0.15, 0.2) is 42.5 Å². The lowest BCUT2D eigenvalue weighted by Gasteiger charge is -2.26. The molecule has 0 radical (unpaired) electrons. The SMILES string of the molecule is O=C(COC(=O)c1ccc2c(c1)OCO2)NC1CCCc2ccccc21. The molecule has 1 aliphatic carbocycles. The highest BCUT2D eigenvalue weighted by Crippen LogP contribution is 2.32. The van der Waals surface area contributed by atoms with Gasteiger partial charge in [0.2, 0.25) is 6.79 Å². The highest BCUT2D eigenvalue weighted by Gasteiger charge is 2.22. The van der Waals surface area contributed by atoms with E-state index in [0.717, 1.165) is 24.8 Å². The predicted octanol–water partition coefficient (Wildman–Crippen LogP) is 2.77. The largest absolute Gasteiger partial charge is 0.454 e. The monoisotopic (exact) mass is 353 g/mol. The summed E-state index contributed by atoms with van der Waals surface area (Å²) >= 11 is 0. The Kier molecular flexibility index (Phi) is 4.48. The third-order valence-corrected chi connectivity index (χ3v) is 4.65. The van der Waals surface area contributed by atoms with Crippen LogP contribution in [0.2, 0.25) is 0 Å². The Labute approximate surface area is 151 Å². The average molecular weight is 353 g/mol. The van der Waals surface area contributed by atoms with E-state index < -0.39 is 5.97 Å². The smallest absolute Gasteiger partial charge is 0.338 e. The zero-order valence-corrected chi connectivity index (χ0v) is 14.2. The molecule has 1 atom stereocenters. The summed E-state index contributed by atoms with van der Waals surface area (Å²) in [6.07, 6.45) is 2.94. The van der Waals surface area contributed by atoms with Gasteiger partial charge in [0, 0.05) is 0 Å². The first-order chi connectivity index (χ1) is 12.7. The molecular weight excluding hydrogens is 334 g/mol. The van der Waals surface area contributed by atoms with E-state index in [-0.39, 0.29) is 25.3 Å². The molecule has 26 heavy (non-hydrogen) atoms. The van der Waals surface area contributed by atoms with Gasteiger partial charge in [0.25, 0.3) is 5.91 Å². The summed E-state index contributed by atoms with van der Waals surface area (Å²) in [6, 6.07) is 12.9. The topological polar surface area (TPSA) is 73.9 Å². The molecule has 1 N–H and O–H groups in total. The Hall–Kier alpha value is -3.02. The van der Waals surface area contributed by atoms with Gasteiger partial charge in [-0.1, -0.05) is 24.3 Å². The van der Waals surface area contributed by atoms with E-state index in [1.165, 1.54) is 5.56 Å². The molecule has 0 fully saturated rings. The number of rotatable bonds is 4. The van der Waals surface area contributed by atoms with Gasteiger partial charge in [-0.25, -0.2) is 4.79 Å². The fraction of sp³-hybridized carbons (Fsp3) is 0.300. The first kappa shape index (κ1) is 16.4. The Balaban J connectivity index is 1.34. The molecular formula is C20H19NO5. The van der Waals surface area contributed by atoms with Gasteiger partial charge in [-0.3, -0.25) is 4.79 Å². The molecule has 0 saturated carbocycles. The minimum Gasteiger partial charge on any atom is -0.454 e. The number of carbonyl (C=O) groups excluding carboxylic acids is 2. The number of benzene rings is 2. The van der Waals surface area contributed by atoms with Crippen molar-refractivity contribution < 1.29 is 23.8 Å². The Morgan fingerprint density at radius 1 is 1.12 bits per heavy atom. The first-order valence-corrected chi connectivity index (χ1v) is 8.64. The van der Waals surface area contributed by atoms with Gasteiger partial charge in [-0.15, -0.1) is 0 Å². The van der Waals surface area contributed by atoms with Crippen molar-refractivity contribution in [3.63, 3.8) is 0 Å². The molecule has 1 amide bonds. The number of aryl methyl sites for hydroxylation is 1. The third-order valence-electron chi connectivity index (χ3n) is 4.65. The fourth-order valence-corrected chi connectivity index (χ4v) is 3.38. The van der Waals surface area contributed by atoms with E-state index in [1.54, 1.807) is 18.2 Å². The van der Waals surface area contributed by atoms with Crippen LogP contribution in [0.1, 0.15) is 40.4 Å². The molecule has 0 spiro atoms. The van der Waals surface area contributed by atoms with Crippen LogP contribution in [0.3, 0.4) is 0 Å². The normalized spacial score (nSPS) is 17.3. The van der Waals surface area contributed by atoms with Crippen LogP contribution >= 0.6 is 0 Å². The zero-order chi connectivity index (χ0) is 17.9. The fourth-order valence-electron chi connectivity index (χ4n) is 3.38. The maximum atomic E-state index is 12.2. The van der Waals surface area contributed by atoms with E-state index in [4.69, 9.17) is 14.2 Å². The number of esters is 1. The van der Waals surface area contributed by atoms with Crippen LogP contribution in [-0.2, 0) is 16.0 Å². The lowest BCUT2D eigenvalue weighted by molar-refractivity contribution is -0.125. The Morgan fingerprint density at radius 2 is 1.96 bits per heavy atom. The van der Waals surface area contributed by atoms with Gasteiger partial charge in [-0.05, 0) is 48.6 Å². The van der Waals surface area contributed by atoms with Crippen LogP contribution in [0.25, 0.3) is 0 Å². The molecule has 134 valence electrons. The molecule has 0 aromatic heterocycles. The van der Waals surface area contributed by atoms with Gasteiger partial charge in [-0.2, -0.15) is 0 Å². The second kappa shape index (κ2) is 7.07. The maximum absolute atomic E-state index is 12.2. The van der Waals surface area contributed by atoms with E-state index in [2.05, 4.69) is 11.4 Å². The van der Waals surface area contributed by atoms with Crippen molar-refractivity contribution in [2.45, 2.75) is 25.3 Å². The summed E-state index contributed by atoms with van der Waals surface area (Å²) in [5.74, 6) is 0.223. The Morgan fingerprint density at radius 3 is 2.88 bits per heavy atom. The average Bonchev–Trinajstić information content (AvgIpc) is 3.14. The maximum Gasteiger partial charge on any atom is 0.338 e. The van der Waals surface area contributed by atoms with Crippen molar-refractivity contribution >= 4 is 11.9 Å². The molecule has 0 saturated heterocycles. The van der Waals surface area contributed by atoms with Crippen LogP contribution in [0, 0.1) is 0 Å². The quantitative estimate of drug-likeness (QED) is 0.856. The third kappa shape index (κ3) is 3.35. The number of fused-ring (bicyclic) bond motifs is 2. The van der Waals surface area contributed by atoms with Gasteiger partial charge in [0.15, 0.2) is 18.1 Å². The summed E-state index contributed by atoms with van der Waals surface area (Å²) in [5, 5.41) is 2.96. The summed E-state index contributed by atoms with van der Waals surface area (Å²) in [7, 11) is 0. The molecule has 2 aromatic rings. The van der Waals surface area contributed by atoms with Crippen molar-refractivity contribution in [2.75, 3.05) is 13.4 Å². The predicted molar refractivity (Wildman–Crippen MR) is 93.1 cm³/mol. The molecule has 2 aromatic carbocycles. The minimum absolute atomic E-state index is 0.0308. The van der Waals surface area contributed by atoms with Crippen molar-refractivity contribution in [1.82, 2.24) is 5.32 Å². The van der Waals surface area contributed by atoms with Crippen molar-refractivity contribution in [1.29, 1.82) is 0 Å². The zero-order valence-electron chi connectivity index (χ0n) is 14.2. The second-order valence-electron chi connectivity index (χ2n) is 6.36. The van der Waals surface area contributed by atoms with E-state index >= 15 is 0 Å². The molecule has 4 rings (SSSR count). The summed E-state index contributed by atoms with van der Waals surface area (Å²) < 4.78 is 15.6.